The number of rotatable bonds is 5. The van der Waals surface area contributed by atoms with Gasteiger partial charge in [0.25, 0.3) is 0 Å². The van der Waals surface area contributed by atoms with Crippen molar-refractivity contribution in [3.8, 4) is 0 Å². The first-order valence-electron chi connectivity index (χ1n) is 7.58. The van der Waals surface area contributed by atoms with Gasteiger partial charge in [0.2, 0.25) is 0 Å². The van der Waals surface area contributed by atoms with Gasteiger partial charge in [-0.15, -0.1) is 11.3 Å². The van der Waals surface area contributed by atoms with Crippen LogP contribution >= 0.6 is 11.3 Å². The maximum absolute atomic E-state index is 4.46. The molecule has 0 amide bonds. The number of aromatic nitrogens is 2. The lowest BCUT2D eigenvalue weighted by atomic mass is 9.97. The number of nitrogens with zero attached hydrogens (tertiary/aromatic N) is 2. The van der Waals surface area contributed by atoms with Crippen LogP contribution in [0.1, 0.15) is 41.9 Å². The number of aryl methyl sites for hydroxylation is 2. The van der Waals surface area contributed by atoms with Crippen molar-refractivity contribution in [2.75, 3.05) is 6.54 Å². The molecule has 0 aliphatic carbocycles. The summed E-state index contributed by atoms with van der Waals surface area (Å²) in [6.45, 7) is 4.35. The van der Waals surface area contributed by atoms with Crippen LogP contribution in [0.3, 0.4) is 0 Å². The van der Waals surface area contributed by atoms with E-state index in [1.807, 2.05) is 17.7 Å². The molecule has 2 aromatic rings. The molecule has 1 fully saturated rings. The summed E-state index contributed by atoms with van der Waals surface area (Å²) in [6, 6.07) is 5.14. The number of H-pyrrole nitrogens is 1. The van der Waals surface area contributed by atoms with Gasteiger partial charge in [0, 0.05) is 23.2 Å². The van der Waals surface area contributed by atoms with Gasteiger partial charge in [-0.25, -0.2) is 4.98 Å². The van der Waals surface area contributed by atoms with Gasteiger partial charge in [0.15, 0.2) is 0 Å². The number of imidazole rings is 1. The molecule has 20 heavy (non-hydrogen) atoms. The van der Waals surface area contributed by atoms with E-state index in [-0.39, 0.29) is 0 Å². The first kappa shape index (κ1) is 13.8. The minimum atomic E-state index is 0.724. The van der Waals surface area contributed by atoms with Gasteiger partial charge in [0.05, 0.1) is 12.0 Å². The Morgan fingerprint density at radius 3 is 3.15 bits per heavy atom. The van der Waals surface area contributed by atoms with E-state index < -0.39 is 0 Å². The highest BCUT2D eigenvalue weighted by Crippen LogP contribution is 2.24. The van der Waals surface area contributed by atoms with Crippen LogP contribution in [-0.4, -0.2) is 27.5 Å². The fourth-order valence-electron chi connectivity index (χ4n) is 3.10. The van der Waals surface area contributed by atoms with Crippen LogP contribution in [0, 0.1) is 6.92 Å². The number of likely N-dealkylation sites (tertiary alicyclic amines) is 1. The normalized spacial score (nSPS) is 20.4. The zero-order valence-corrected chi connectivity index (χ0v) is 13.0. The molecule has 0 bridgehead atoms. The molecule has 1 N–H and O–H groups in total. The van der Waals surface area contributed by atoms with E-state index in [0.717, 1.165) is 12.6 Å². The van der Waals surface area contributed by atoms with Crippen LogP contribution < -0.4 is 0 Å². The molecule has 3 heterocycles. The molecule has 0 spiro atoms. The smallest absolute Gasteiger partial charge is 0.0925 e. The predicted molar refractivity (Wildman–Crippen MR) is 84.0 cm³/mol. The third kappa shape index (κ3) is 3.30. The summed E-state index contributed by atoms with van der Waals surface area (Å²) in [7, 11) is 0. The molecule has 0 saturated carbocycles. The van der Waals surface area contributed by atoms with E-state index >= 15 is 0 Å². The molecular formula is C16H23N3S. The zero-order chi connectivity index (χ0) is 13.8. The lowest BCUT2D eigenvalue weighted by molar-refractivity contribution is 0.131. The van der Waals surface area contributed by atoms with Gasteiger partial charge in [-0.2, -0.15) is 0 Å². The van der Waals surface area contributed by atoms with Crippen molar-refractivity contribution in [2.45, 2.75) is 51.6 Å². The Balaban J connectivity index is 1.60. The first-order valence-corrected chi connectivity index (χ1v) is 8.46. The summed E-state index contributed by atoms with van der Waals surface area (Å²) in [5.74, 6) is 0. The number of hydrogen-bond acceptors (Lipinski definition) is 3. The average molecular weight is 289 g/mol. The van der Waals surface area contributed by atoms with E-state index in [2.05, 4.69) is 39.3 Å². The molecule has 108 valence electrons. The third-order valence-electron chi connectivity index (χ3n) is 4.34. The maximum Gasteiger partial charge on any atom is 0.0925 e. The Hall–Kier alpha value is -1.13. The largest absolute Gasteiger partial charge is 0.348 e. The number of piperidine rings is 1. The summed E-state index contributed by atoms with van der Waals surface area (Å²) in [6.07, 6.45) is 8.37. The summed E-state index contributed by atoms with van der Waals surface area (Å²) in [5.41, 5.74) is 2.43. The summed E-state index contributed by atoms with van der Waals surface area (Å²) in [4.78, 5) is 11.8. The highest BCUT2D eigenvalue weighted by atomic mass is 32.1. The molecule has 3 nitrogen and oxygen atoms in total. The molecule has 3 rings (SSSR count). The highest BCUT2D eigenvalue weighted by Gasteiger charge is 2.23. The Bertz CT molecular complexity index is 518. The molecule has 1 aliphatic rings. The quantitative estimate of drug-likeness (QED) is 0.908. The van der Waals surface area contributed by atoms with Crippen LogP contribution in [0.2, 0.25) is 0 Å². The van der Waals surface area contributed by atoms with Gasteiger partial charge in [-0.05, 0) is 50.6 Å². The second-order valence-electron chi connectivity index (χ2n) is 5.71. The summed E-state index contributed by atoms with van der Waals surface area (Å²) >= 11 is 1.88. The van der Waals surface area contributed by atoms with E-state index in [9.17, 15) is 0 Å². The van der Waals surface area contributed by atoms with Gasteiger partial charge < -0.3 is 4.98 Å². The van der Waals surface area contributed by atoms with E-state index in [1.54, 1.807) is 0 Å². The maximum atomic E-state index is 4.46. The molecule has 4 heteroatoms. The minimum absolute atomic E-state index is 0.724. The van der Waals surface area contributed by atoms with Crippen molar-refractivity contribution in [2.24, 2.45) is 0 Å². The third-order valence-corrected chi connectivity index (χ3v) is 5.28. The van der Waals surface area contributed by atoms with Crippen molar-refractivity contribution in [1.82, 2.24) is 14.9 Å². The standard InChI is InChI=1S/C16H23N3S/c1-13-16(18-12-17-13)11-19-9-3-2-5-14(19)7-8-15-6-4-10-20-15/h4,6,10,12,14H,2-3,5,7-9,11H2,1H3,(H,17,18)/t14-/m0/s1. The van der Waals surface area contributed by atoms with Crippen molar-refractivity contribution in [3.63, 3.8) is 0 Å². The summed E-state index contributed by atoms with van der Waals surface area (Å²) in [5, 5.41) is 2.18. The van der Waals surface area contributed by atoms with E-state index in [4.69, 9.17) is 0 Å². The fourth-order valence-corrected chi connectivity index (χ4v) is 3.82. The van der Waals surface area contributed by atoms with Crippen LogP contribution in [0.5, 0.6) is 0 Å². The van der Waals surface area contributed by atoms with Crippen molar-refractivity contribution in [3.05, 3.63) is 40.1 Å². The Morgan fingerprint density at radius 1 is 1.45 bits per heavy atom. The van der Waals surface area contributed by atoms with E-state index in [1.165, 1.54) is 54.9 Å². The van der Waals surface area contributed by atoms with Crippen LogP contribution in [-0.2, 0) is 13.0 Å². The molecule has 0 radical (unpaired) electrons. The van der Waals surface area contributed by atoms with Crippen LogP contribution in [0.25, 0.3) is 0 Å². The first-order chi connectivity index (χ1) is 9.83. The van der Waals surface area contributed by atoms with Crippen molar-refractivity contribution < 1.29 is 0 Å². The zero-order valence-electron chi connectivity index (χ0n) is 12.1. The molecule has 2 aromatic heterocycles. The molecule has 0 aromatic carbocycles. The van der Waals surface area contributed by atoms with E-state index in [0.29, 0.717) is 0 Å². The van der Waals surface area contributed by atoms with Crippen molar-refractivity contribution >= 4 is 11.3 Å². The lowest BCUT2D eigenvalue weighted by Gasteiger charge is -2.35. The van der Waals surface area contributed by atoms with Gasteiger partial charge in [-0.1, -0.05) is 12.5 Å². The number of aromatic amines is 1. The Kier molecular flexibility index (Phi) is 4.53. The predicted octanol–water partition coefficient (Wildman–Crippen LogP) is 3.77. The number of hydrogen-bond donors (Lipinski definition) is 1. The molecule has 1 aliphatic heterocycles. The second-order valence-corrected chi connectivity index (χ2v) is 6.74. The second kappa shape index (κ2) is 6.55. The number of thiophene rings is 1. The van der Waals surface area contributed by atoms with Gasteiger partial charge in [0.1, 0.15) is 0 Å². The fraction of sp³-hybridized carbons (Fsp3) is 0.562. The van der Waals surface area contributed by atoms with Gasteiger partial charge >= 0.3 is 0 Å². The summed E-state index contributed by atoms with van der Waals surface area (Å²) < 4.78 is 0. The Labute approximate surface area is 125 Å². The van der Waals surface area contributed by atoms with Crippen molar-refractivity contribution in [1.29, 1.82) is 0 Å². The van der Waals surface area contributed by atoms with Crippen LogP contribution in [0.15, 0.2) is 23.8 Å². The topological polar surface area (TPSA) is 31.9 Å². The Morgan fingerprint density at radius 2 is 2.40 bits per heavy atom. The molecule has 1 atom stereocenters. The number of nitrogens with one attached hydrogen (secondary N) is 1. The van der Waals surface area contributed by atoms with Gasteiger partial charge in [-0.3, -0.25) is 4.90 Å². The molecule has 0 unspecified atom stereocenters. The van der Waals surface area contributed by atoms with Crippen LogP contribution in [0.4, 0.5) is 0 Å². The lowest BCUT2D eigenvalue weighted by Crippen LogP contribution is -2.39. The molecular weight excluding hydrogens is 266 g/mol. The minimum Gasteiger partial charge on any atom is -0.348 e. The molecule has 1 saturated heterocycles. The SMILES string of the molecule is Cc1[nH]cnc1CN1CCCC[C@H]1CCc1cccs1. The monoisotopic (exact) mass is 289 g/mol. The average Bonchev–Trinajstić information content (AvgIpc) is 3.11. The highest BCUT2D eigenvalue weighted by molar-refractivity contribution is 7.09.